The second kappa shape index (κ2) is 9.06. The molecule has 31 heavy (non-hydrogen) atoms. The zero-order chi connectivity index (χ0) is 21.4. The fourth-order valence-electron chi connectivity index (χ4n) is 7.33. The summed E-state index contributed by atoms with van der Waals surface area (Å²) in [5.74, 6) is 4.86. The van der Waals surface area contributed by atoms with Gasteiger partial charge in [-0.1, -0.05) is 45.4 Å². The second-order valence-corrected chi connectivity index (χ2v) is 12.1. The van der Waals surface area contributed by atoms with Crippen LogP contribution >= 0.6 is 0 Å². The summed E-state index contributed by atoms with van der Waals surface area (Å²) in [7, 11) is 0. The molecule has 4 nitrogen and oxygen atoms in total. The van der Waals surface area contributed by atoms with Crippen LogP contribution in [0.15, 0.2) is 0 Å². The lowest BCUT2D eigenvalue weighted by Gasteiger charge is -2.44. The maximum Gasteiger partial charge on any atom is 0.228 e. The minimum atomic E-state index is -0.110. The van der Waals surface area contributed by atoms with Gasteiger partial charge in [0.05, 0.1) is 0 Å². The first-order valence-electron chi connectivity index (χ1n) is 13.6. The van der Waals surface area contributed by atoms with Gasteiger partial charge in [0.1, 0.15) is 0 Å². The Labute approximate surface area is 189 Å². The Morgan fingerprint density at radius 2 is 1.42 bits per heavy atom. The van der Waals surface area contributed by atoms with Gasteiger partial charge in [-0.25, -0.2) is 0 Å². The van der Waals surface area contributed by atoms with Gasteiger partial charge in [0.2, 0.25) is 11.8 Å². The number of nitrogens with zero attached hydrogens (tertiary/aromatic N) is 2. The predicted octanol–water partition coefficient (Wildman–Crippen LogP) is 5.26. The smallest absolute Gasteiger partial charge is 0.228 e. The molecule has 1 heterocycles. The number of hydrogen-bond acceptors (Lipinski definition) is 2. The first-order chi connectivity index (χ1) is 15.0. The summed E-state index contributed by atoms with van der Waals surface area (Å²) in [5.41, 5.74) is -0.110. The van der Waals surface area contributed by atoms with Crippen molar-refractivity contribution in [1.29, 1.82) is 0 Å². The quantitative estimate of drug-likeness (QED) is 0.599. The highest BCUT2D eigenvalue weighted by Gasteiger charge is 2.43. The van der Waals surface area contributed by atoms with E-state index in [9.17, 15) is 9.59 Å². The van der Waals surface area contributed by atoms with E-state index in [0.29, 0.717) is 11.8 Å². The number of hydrogen-bond donors (Lipinski definition) is 0. The molecule has 0 aromatic heterocycles. The molecule has 4 heteroatoms. The Morgan fingerprint density at radius 3 is 2.03 bits per heavy atom. The topological polar surface area (TPSA) is 40.6 Å². The zero-order valence-corrected chi connectivity index (χ0v) is 19.8. The summed E-state index contributed by atoms with van der Waals surface area (Å²) in [6, 6.07) is 0. The summed E-state index contributed by atoms with van der Waals surface area (Å²) in [6.45, 7) is 5.08. The minimum Gasteiger partial charge on any atom is -0.339 e. The van der Waals surface area contributed by atoms with E-state index in [1.165, 1.54) is 64.2 Å². The molecule has 0 radical (unpaired) electrons. The number of rotatable bonds is 5. The van der Waals surface area contributed by atoms with E-state index in [1.807, 2.05) is 4.90 Å². The fourth-order valence-corrected chi connectivity index (χ4v) is 7.33. The molecule has 174 valence electrons. The van der Waals surface area contributed by atoms with E-state index < -0.39 is 0 Å². The maximum atomic E-state index is 13.2. The molecule has 0 N–H and O–H groups in total. The van der Waals surface area contributed by atoms with Crippen molar-refractivity contribution in [1.82, 2.24) is 9.80 Å². The normalized spacial score (nSPS) is 36.0. The van der Waals surface area contributed by atoms with Crippen LogP contribution in [0.3, 0.4) is 0 Å². The van der Waals surface area contributed by atoms with Gasteiger partial charge in [0.15, 0.2) is 0 Å². The second-order valence-electron chi connectivity index (χ2n) is 12.1. The van der Waals surface area contributed by atoms with Gasteiger partial charge in [-0.15, -0.1) is 0 Å². The van der Waals surface area contributed by atoms with Gasteiger partial charge in [-0.2, -0.15) is 0 Å². The molecule has 2 amide bonds. The van der Waals surface area contributed by atoms with E-state index in [4.69, 9.17) is 0 Å². The van der Waals surface area contributed by atoms with Gasteiger partial charge < -0.3 is 9.80 Å². The number of carbonyl (C=O) groups is 2. The van der Waals surface area contributed by atoms with Crippen molar-refractivity contribution in [3.8, 4) is 0 Å². The Bertz CT molecular complexity index is 652. The monoisotopic (exact) mass is 428 g/mol. The van der Waals surface area contributed by atoms with Crippen molar-refractivity contribution in [2.24, 2.45) is 35.0 Å². The largest absolute Gasteiger partial charge is 0.339 e. The average molecular weight is 429 g/mol. The summed E-state index contributed by atoms with van der Waals surface area (Å²) >= 11 is 0. The average Bonchev–Trinajstić information content (AvgIpc) is 3.61. The number of carbonyl (C=O) groups excluding carboxylic acids is 2. The molecule has 0 aromatic carbocycles. The van der Waals surface area contributed by atoms with Crippen molar-refractivity contribution >= 4 is 11.8 Å². The van der Waals surface area contributed by atoms with Crippen molar-refractivity contribution in [2.75, 3.05) is 26.2 Å². The van der Waals surface area contributed by atoms with E-state index in [2.05, 4.69) is 11.8 Å². The van der Waals surface area contributed by atoms with Crippen LogP contribution in [0.25, 0.3) is 0 Å². The van der Waals surface area contributed by atoms with Gasteiger partial charge >= 0.3 is 0 Å². The number of piperazine rings is 1. The molecule has 0 aromatic rings. The Hall–Kier alpha value is -1.06. The Morgan fingerprint density at radius 1 is 0.742 bits per heavy atom. The van der Waals surface area contributed by atoms with Crippen LogP contribution in [-0.4, -0.2) is 47.8 Å². The van der Waals surface area contributed by atoms with E-state index in [0.717, 1.165) is 75.5 Å². The molecule has 5 aliphatic rings. The van der Waals surface area contributed by atoms with Crippen molar-refractivity contribution < 1.29 is 9.59 Å². The van der Waals surface area contributed by atoms with E-state index in [-0.39, 0.29) is 11.3 Å². The molecular weight excluding hydrogens is 384 g/mol. The number of amides is 2. The van der Waals surface area contributed by atoms with Crippen molar-refractivity contribution in [2.45, 2.75) is 96.8 Å². The Balaban J connectivity index is 1.05. The molecule has 4 saturated carbocycles. The highest BCUT2D eigenvalue weighted by Crippen LogP contribution is 2.46. The summed E-state index contributed by atoms with van der Waals surface area (Å²) in [5, 5.41) is 0. The molecule has 2 unspecified atom stereocenters. The maximum absolute atomic E-state index is 13.2. The lowest BCUT2D eigenvalue weighted by molar-refractivity contribution is -0.151. The predicted molar refractivity (Wildman–Crippen MR) is 123 cm³/mol. The molecule has 1 saturated heterocycles. The third-order valence-corrected chi connectivity index (χ3v) is 9.83. The molecule has 4 aliphatic carbocycles. The molecule has 0 bridgehead atoms. The van der Waals surface area contributed by atoms with Crippen LogP contribution < -0.4 is 0 Å². The van der Waals surface area contributed by atoms with E-state index in [1.54, 1.807) is 0 Å². The fraction of sp³-hybridized carbons (Fsp3) is 0.926. The third kappa shape index (κ3) is 4.83. The molecule has 5 fully saturated rings. The van der Waals surface area contributed by atoms with Crippen LogP contribution in [0.5, 0.6) is 0 Å². The molecule has 1 aliphatic heterocycles. The van der Waals surface area contributed by atoms with Crippen LogP contribution in [0.4, 0.5) is 0 Å². The standard InChI is InChI=1S/C27H44N2O2/c1-27(12-3-13-27)26(31)29-16-14-28(15-17-29)25(30)23-10-8-22(9-11-23)24-5-2-4-21(19-24)18-20-6-7-20/h20-24H,2-19H2,1H3. The van der Waals surface area contributed by atoms with Gasteiger partial charge in [0, 0.05) is 37.5 Å². The van der Waals surface area contributed by atoms with Gasteiger partial charge in [0.25, 0.3) is 0 Å². The third-order valence-electron chi connectivity index (χ3n) is 9.83. The van der Waals surface area contributed by atoms with Crippen LogP contribution in [0.1, 0.15) is 96.8 Å². The van der Waals surface area contributed by atoms with E-state index >= 15 is 0 Å². The molecule has 2 atom stereocenters. The molecular formula is C27H44N2O2. The highest BCUT2D eigenvalue weighted by molar-refractivity contribution is 5.84. The van der Waals surface area contributed by atoms with Crippen LogP contribution in [0.2, 0.25) is 0 Å². The highest BCUT2D eigenvalue weighted by atomic mass is 16.2. The van der Waals surface area contributed by atoms with Gasteiger partial charge in [-0.3, -0.25) is 9.59 Å². The van der Waals surface area contributed by atoms with Crippen molar-refractivity contribution in [3.63, 3.8) is 0 Å². The first kappa shape index (κ1) is 21.8. The summed E-state index contributed by atoms with van der Waals surface area (Å²) in [6.07, 6.45) is 18.4. The van der Waals surface area contributed by atoms with Gasteiger partial charge in [-0.05, 0) is 75.0 Å². The molecule has 5 rings (SSSR count). The van der Waals surface area contributed by atoms with Crippen molar-refractivity contribution in [3.05, 3.63) is 0 Å². The first-order valence-corrected chi connectivity index (χ1v) is 13.6. The summed E-state index contributed by atoms with van der Waals surface area (Å²) < 4.78 is 0. The molecule has 0 spiro atoms. The lowest BCUT2D eigenvalue weighted by Crippen LogP contribution is -2.56. The Kier molecular flexibility index (Phi) is 6.36. The minimum absolute atomic E-state index is 0.110. The van der Waals surface area contributed by atoms with Crippen LogP contribution in [0, 0.1) is 35.0 Å². The SMILES string of the molecule is CC1(C(=O)N2CCN(C(=O)C3CCC(C4CCCC(CC5CC5)C4)CC3)CC2)CCC1. The summed E-state index contributed by atoms with van der Waals surface area (Å²) in [4.78, 5) is 30.1. The lowest BCUT2D eigenvalue weighted by atomic mass is 9.68. The van der Waals surface area contributed by atoms with Crippen LogP contribution in [-0.2, 0) is 9.59 Å². The zero-order valence-electron chi connectivity index (χ0n) is 19.8.